The van der Waals surface area contributed by atoms with E-state index in [9.17, 15) is 39.6 Å². The number of piperidine rings is 1. The van der Waals surface area contributed by atoms with E-state index in [1.807, 2.05) is 0 Å². The number of alkyl halides is 6. The zero-order valence-corrected chi connectivity index (χ0v) is 13.9. The first kappa shape index (κ1) is 20.3. The summed E-state index contributed by atoms with van der Waals surface area (Å²) in [6.07, 6.45) is -9.72. The predicted molar refractivity (Wildman–Crippen MR) is 77.5 cm³/mol. The minimum atomic E-state index is -4.64. The molecule has 1 heterocycles. The Morgan fingerprint density at radius 2 is 1.50 bits per heavy atom. The van der Waals surface area contributed by atoms with Gasteiger partial charge in [0.15, 0.2) is 0 Å². The molecule has 1 fully saturated rings. The van der Waals surface area contributed by atoms with Crippen LogP contribution in [0.4, 0.5) is 31.1 Å². The fourth-order valence-electron chi connectivity index (χ4n) is 2.47. The van der Waals surface area contributed by atoms with Gasteiger partial charge in [-0.25, -0.2) is 17.9 Å². The van der Waals surface area contributed by atoms with E-state index in [0.29, 0.717) is 24.3 Å². The summed E-state index contributed by atoms with van der Waals surface area (Å²) in [6.45, 7) is -0.558. The van der Waals surface area contributed by atoms with Crippen molar-refractivity contribution in [2.75, 3.05) is 13.1 Å². The van der Waals surface area contributed by atoms with Crippen LogP contribution in [0.25, 0.3) is 0 Å². The monoisotopic (exact) mass is 404 g/mol. The van der Waals surface area contributed by atoms with Gasteiger partial charge in [0.05, 0.1) is 16.4 Å². The quantitative estimate of drug-likeness (QED) is 0.769. The number of rotatable bonds is 2. The van der Waals surface area contributed by atoms with Crippen LogP contribution in [-0.4, -0.2) is 38.6 Å². The van der Waals surface area contributed by atoms with Crippen LogP contribution in [0.2, 0.25) is 0 Å². The summed E-state index contributed by atoms with van der Waals surface area (Å²) >= 11 is 0. The van der Waals surface area contributed by atoms with Crippen molar-refractivity contribution >= 4 is 16.1 Å². The highest BCUT2D eigenvalue weighted by molar-refractivity contribution is 7.90. The first-order chi connectivity index (χ1) is 11.8. The van der Waals surface area contributed by atoms with Gasteiger partial charge in [0.25, 0.3) is 10.0 Å². The van der Waals surface area contributed by atoms with E-state index in [1.165, 1.54) is 0 Å². The zero-order chi connectivity index (χ0) is 19.8. The molecule has 1 N–H and O–H groups in total. The van der Waals surface area contributed by atoms with Crippen LogP contribution in [-0.2, 0) is 16.2 Å². The molecule has 1 aliphatic heterocycles. The van der Waals surface area contributed by atoms with Crippen LogP contribution in [0.15, 0.2) is 29.2 Å². The summed E-state index contributed by atoms with van der Waals surface area (Å²) < 4.78 is 101. The van der Waals surface area contributed by atoms with E-state index in [1.54, 1.807) is 4.72 Å². The second-order valence-electron chi connectivity index (χ2n) is 5.74. The fraction of sp³-hybridized carbons (Fsp3) is 0.500. The molecular formula is C14H14F6N2O3S. The summed E-state index contributed by atoms with van der Waals surface area (Å²) in [6, 6.07) is 1.36. The number of urea groups is 1. The summed E-state index contributed by atoms with van der Waals surface area (Å²) in [4.78, 5) is 12.3. The van der Waals surface area contributed by atoms with Crippen LogP contribution < -0.4 is 4.72 Å². The topological polar surface area (TPSA) is 66.5 Å². The molecule has 5 nitrogen and oxygen atoms in total. The Balaban J connectivity index is 2.02. The molecule has 12 heteroatoms. The van der Waals surface area contributed by atoms with Gasteiger partial charge in [-0.3, -0.25) is 0 Å². The average Bonchev–Trinajstić information content (AvgIpc) is 2.53. The molecule has 0 atom stereocenters. The third-order valence-corrected chi connectivity index (χ3v) is 5.29. The second kappa shape index (κ2) is 6.97. The first-order valence-electron chi connectivity index (χ1n) is 7.36. The van der Waals surface area contributed by atoms with Gasteiger partial charge in [0.2, 0.25) is 0 Å². The number of hydrogen-bond acceptors (Lipinski definition) is 3. The number of halogens is 6. The maximum atomic E-state index is 12.6. The maximum Gasteiger partial charge on any atom is 0.416 e. The summed E-state index contributed by atoms with van der Waals surface area (Å²) in [7, 11) is -4.44. The van der Waals surface area contributed by atoms with Gasteiger partial charge in [0.1, 0.15) is 0 Å². The second-order valence-corrected chi connectivity index (χ2v) is 7.42. The Morgan fingerprint density at radius 3 is 1.92 bits per heavy atom. The van der Waals surface area contributed by atoms with Crippen molar-refractivity contribution in [3.05, 3.63) is 29.8 Å². The van der Waals surface area contributed by atoms with E-state index >= 15 is 0 Å². The molecule has 1 aromatic carbocycles. The lowest BCUT2D eigenvalue weighted by molar-refractivity contribution is -0.183. The molecule has 2 amide bonds. The van der Waals surface area contributed by atoms with E-state index in [4.69, 9.17) is 0 Å². The normalized spacial score (nSPS) is 17.2. The third-order valence-electron chi connectivity index (χ3n) is 3.96. The fourth-order valence-corrected chi connectivity index (χ4v) is 3.44. The number of amides is 2. The van der Waals surface area contributed by atoms with Crippen molar-refractivity contribution in [1.29, 1.82) is 0 Å². The Labute approximate surface area is 145 Å². The summed E-state index contributed by atoms with van der Waals surface area (Å²) in [5.41, 5.74) is -1.06. The molecular weight excluding hydrogens is 390 g/mol. The molecule has 1 saturated heterocycles. The van der Waals surface area contributed by atoms with Crippen LogP contribution in [0.3, 0.4) is 0 Å². The van der Waals surface area contributed by atoms with Crippen molar-refractivity contribution in [1.82, 2.24) is 9.62 Å². The molecule has 0 unspecified atom stereocenters. The van der Waals surface area contributed by atoms with Gasteiger partial charge in [0, 0.05) is 13.1 Å². The molecule has 0 radical (unpaired) electrons. The van der Waals surface area contributed by atoms with E-state index in [-0.39, 0.29) is 25.9 Å². The predicted octanol–water partition coefficient (Wildman–Crippen LogP) is 3.38. The maximum absolute atomic E-state index is 12.6. The van der Waals surface area contributed by atoms with Gasteiger partial charge >= 0.3 is 18.4 Å². The molecule has 0 bridgehead atoms. The highest BCUT2D eigenvalue weighted by atomic mass is 32.2. The number of carbonyl (C=O) groups is 1. The lowest BCUT2D eigenvalue weighted by Gasteiger charge is -2.32. The molecule has 146 valence electrons. The zero-order valence-electron chi connectivity index (χ0n) is 13.1. The van der Waals surface area contributed by atoms with Gasteiger partial charge in [-0.1, -0.05) is 0 Å². The average molecular weight is 404 g/mol. The number of likely N-dealkylation sites (tertiary alicyclic amines) is 1. The van der Waals surface area contributed by atoms with Crippen molar-refractivity contribution < 1.29 is 39.6 Å². The molecule has 0 spiro atoms. The van der Waals surface area contributed by atoms with E-state index in [0.717, 1.165) is 4.90 Å². The molecule has 26 heavy (non-hydrogen) atoms. The largest absolute Gasteiger partial charge is 0.416 e. The third kappa shape index (κ3) is 4.80. The summed E-state index contributed by atoms with van der Waals surface area (Å²) in [5, 5.41) is 0. The van der Waals surface area contributed by atoms with Gasteiger partial charge < -0.3 is 4.90 Å². The highest BCUT2D eigenvalue weighted by Gasteiger charge is 2.42. The van der Waals surface area contributed by atoms with E-state index in [2.05, 4.69) is 0 Å². The number of carbonyl (C=O) groups excluding carboxylic acids is 1. The molecule has 0 aromatic heterocycles. The number of nitrogens with one attached hydrogen (secondary N) is 1. The highest BCUT2D eigenvalue weighted by Crippen LogP contribution is 2.34. The van der Waals surface area contributed by atoms with Crippen LogP contribution in [0, 0.1) is 5.92 Å². The number of hydrogen-bond donors (Lipinski definition) is 1. The Kier molecular flexibility index (Phi) is 5.45. The molecule has 0 aliphatic carbocycles. The number of sulfonamides is 1. The first-order valence-corrected chi connectivity index (χ1v) is 8.85. The molecule has 2 rings (SSSR count). The number of benzene rings is 1. The molecule has 0 saturated carbocycles. The minimum absolute atomic E-state index is 0.279. The Hall–Kier alpha value is -1.98. The Bertz CT molecular complexity index is 750. The van der Waals surface area contributed by atoms with E-state index < -0.39 is 44.8 Å². The Morgan fingerprint density at radius 1 is 1.00 bits per heavy atom. The number of nitrogens with zero attached hydrogens (tertiary/aromatic N) is 1. The SMILES string of the molecule is O=C(NS(=O)(=O)c1ccc(C(F)(F)F)cc1)N1CCC(C(F)(F)F)CC1. The van der Waals surface area contributed by atoms with Crippen molar-refractivity contribution in [2.24, 2.45) is 5.92 Å². The van der Waals surface area contributed by atoms with Crippen LogP contribution in [0.1, 0.15) is 18.4 Å². The van der Waals surface area contributed by atoms with Crippen molar-refractivity contribution in [2.45, 2.75) is 30.1 Å². The van der Waals surface area contributed by atoms with Gasteiger partial charge in [-0.15, -0.1) is 0 Å². The molecule has 1 aromatic rings. The van der Waals surface area contributed by atoms with Crippen LogP contribution in [0.5, 0.6) is 0 Å². The van der Waals surface area contributed by atoms with Gasteiger partial charge in [-0.05, 0) is 37.1 Å². The lowest BCUT2D eigenvalue weighted by atomic mass is 9.97. The van der Waals surface area contributed by atoms with Crippen molar-refractivity contribution in [3.63, 3.8) is 0 Å². The molecule has 1 aliphatic rings. The smallest absolute Gasteiger partial charge is 0.324 e. The van der Waals surface area contributed by atoms with Gasteiger partial charge in [-0.2, -0.15) is 26.3 Å². The lowest BCUT2D eigenvalue weighted by Crippen LogP contribution is -2.48. The standard InChI is InChI=1S/C14H14F6N2O3S/c15-13(16,17)9-1-3-11(4-2-9)26(24,25)21-12(23)22-7-5-10(6-8-22)14(18,19)20/h1-4,10H,5-8H2,(H,21,23). The van der Waals surface area contributed by atoms with Crippen LogP contribution >= 0.6 is 0 Å². The van der Waals surface area contributed by atoms with Crippen molar-refractivity contribution in [3.8, 4) is 0 Å². The minimum Gasteiger partial charge on any atom is -0.324 e. The summed E-state index contributed by atoms with van der Waals surface area (Å²) in [5.74, 6) is -1.56.